The maximum Gasteiger partial charge on any atom is 0.291 e. The average Bonchev–Trinajstić information content (AvgIpc) is 2.35. The molecule has 8 heteroatoms. The van der Waals surface area contributed by atoms with Gasteiger partial charge in [-0.15, -0.1) is 0 Å². The van der Waals surface area contributed by atoms with Crippen molar-refractivity contribution in [2.24, 2.45) is 0 Å². The maximum absolute atomic E-state index is 11.0. The normalized spacial score (nSPS) is 37.0. The zero-order valence-electron chi connectivity index (χ0n) is 11.0. The third-order valence-corrected chi connectivity index (χ3v) is 3.27. The summed E-state index contributed by atoms with van der Waals surface area (Å²) in [6, 6.07) is -1.54. The number of aliphatic hydroxyl groups excluding tert-OH is 3. The second kappa shape index (κ2) is 7.11. The van der Waals surface area contributed by atoms with Crippen LogP contribution in [0.4, 0.5) is 0 Å². The minimum Gasteiger partial charge on any atom is -0.396 e. The summed E-state index contributed by atoms with van der Waals surface area (Å²) in [6.45, 7) is 3.33. The van der Waals surface area contributed by atoms with E-state index < -0.39 is 35.6 Å². The molecule has 0 radical (unpaired) electrons. The molecule has 0 aromatic carbocycles. The van der Waals surface area contributed by atoms with E-state index in [1.165, 1.54) is 0 Å². The van der Waals surface area contributed by atoms with E-state index in [-0.39, 0.29) is 19.1 Å². The molecule has 1 heterocycles. The number of nitrogens with zero attached hydrogens (tertiary/aromatic N) is 1. The SMILES string of the molecule is CCC(C)O[C@@H]1OC(CCO)[C@@H](O)C(O)C1[N+](=O)[O-]. The zero-order valence-corrected chi connectivity index (χ0v) is 11.0. The van der Waals surface area contributed by atoms with Crippen LogP contribution in [0.1, 0.15) is 26.7 Å². The van der Waals surface area contributed by atoms with Crippen LogP contribution in [0.15, 0.2) is 0 Å². The summed E-state index contributed by atoms with van der Waals surface area (Å²) in [4.78, 5) is 10.3. The van der Waals surface area contributed by atoms with Crippen molar-refractivity contribution in [2.45, 2.75) is 63.4 Å². The van der Waals surface area contributed by atoms with Gasteiger partial charge in [-0.3, -0.25) is 10.1 Å². The molecule has 0 bridgehead atoms. The lowest BCUT2D eigenvalue weighted by atomic mass is 9.95. The Morgan fingerprint density at radius 3 is 2.53 bits per heavy atom. The van der Waals surface area contributed by atoms with Gasteiger partial charge in [-0.1, -0.05) is 6.92 Å². The molecule has 1 aliphatic rings. The average molecular weight is 279 g/mol. The van der Waals surface area contributed by atoms with E-state index in [0.717, 1.165) is 0 Å². The Labute approximate surface area is 111 Å². The van der Waals surface area contributed by atoms with Gasteiger partial charge in [0.1, 0.15) is 6.10 Å². The van der Waals surface area contributed by atoms with Crippen LogP contribution in [0.3, 0.4) is 0 Å². The summed E-state index contributed by atoms with van der Waals surface area (Å²) >= 11 is 0. The van der Waals surface area contributed by atoms with E-state index >= 15 is 0 Å². The largest absolute Gasteiger partial charge is 0.396 e. The Balaban J connectivity index is 2.85. The number of nitro groups is 1. The van der Waals surface area contributed by atoms with E-state index in [1.54, 1.807) is 6.92 Å². The minimum atomic E-state index is -1.59. The van der Waals surface area contributed by atoms with Crippen LogP contribution in [0.5, 0.6) is 0 Å². The molecular weight excluding hydrogens is 258 g/mol. The predicted molar refractivity (Wildman–Crippen MR) is 64.0 cm³/mol. The van der Waals surface area contributed by atoms with Crippen LogP contribution in [0, 0.1) is 10.1 Å². The lowest BCUT2D eigenvalue weighted by Gasteiger charge is -2.38. The van der Waals surface area contributed by atoms with Gasteiger partial charge in [-0.05, 0) is 19.8 Å². The van der Waals surface area contributed by atoms with Crippen molar-refractivity contribution in [3.63, 3.8) is 0 Å². The van der Waals surface area contributed by atoms with Gasteiger partial charge >= 0.3 is 0 Å². The van der Waals surface area contributed by atoms with Crippen LogP contribution in [-0.4, -0.2) is 63.6 Å². The van der Waals surface area contributed by atoms with Crippen molar-refractivity contribution in [1.29, 1.82) is 0 Å². The van der Waals surface area contributed by atoms with Crippen LogP contribution < -0.4 is 0 Å². The Kier molecular flexibility index (Phi) is 6.08. The van der Waals surface area contributed by atoms with Gasteiger partial charge in [-0.25, -0.2) is 0 Å². The maximum atomic E-state index is 11.0. The van der Waals surface area contributed by atoms with E-state index in [4.69, 9.17) is 14.6 Å². The molecule has 0 aliphatic carbocycles. The Hall–Kier alpha value is -0.800. The highest BCUT2D eigenvalue weighted by Crippen LogP contribution is 2.26. The zero-order chi connectivity index (χ0) is 14.6. The first-order chi connectivity index (χ1) is 8.92. The Morgan fingerprint density at radius 2 is 2.05 bits per heavy atom. The van der Waals surface area contributed by atoms with Gasteiger partial charge < -0.3 is 24.8 Å². The first-order valence-corrected chi connectivity index (χ1v) is 6.33. The van der Waals surface area contributed by atoms with Crippen molar-refractivity contribution in [1.82, 2.24) is 0 Å². The summed E-state index contributed by atoms with van der Waals surface area (Å²) in [5, 5.41) is 39.4. The molecule has 8 nitrogen and oxygen atoms in total. The highest BCUT2D eigenvalue weighted by atomic mass is 16.7. The molecule has 1 aliphatic heterocycles. The topological polar surface area (TPSA) is 122 Å². The van der Waals surface area contributed by atoms with Crippen molar-refractivity contribution in [3.05, 3.63) is 10.1 Å². The number of ether oxygens (including phenoxy) is 2. The van der Waals surface area contributed by atoms with Gasteiger partial charge in [0.2, 0.25) is 6.29 Å². The molecule has 0 aromatic heterocycles. The monoisotopic (exact) mass is 279 g/mol. The van der Waals surface area contributed by atoms with Crippen LogP contribution >= 0.6 is 0 Å². The lowest BCUT2D eigenvalue weighted by Crippen LogP contribution is -2.61. The van der Waals surface area contributed by atoms with Crippen LogP contribution in [0.2, 0.25) is 0 Å². The van der Waals surface area contributed by atoms with Crippen molar-refractivity contribution >= 4 is 0 Å². The summed E-state index contributed by atoms with van der Waals surface area (Å²) in [6.07, 6.45) is -4.69. The highest BCUT2D eigenvalue weighted by molar-refractivity contribution is 4.89. The highest BCUT2D eigenvalue weighted by Gasteiger charge is 2.52. The summed E-state index contributed by atoms with van der Waals surface area (Å²) in [5.74, 6) is 0. The fraction of sp³-hybridized carbons (Fsp3) is 1.00. The second-order valence-corrected chi connectivity index (χ2v) is 4.67. The summed E-state index contributed by atoms with van der Waals surface area (Å²) in [7, 11) is 0. The standard InChI is InChI=1S/C11H21NO7/c1-3-6(2)18-11-8(12(16)17)10(15)9(14)7(19-11)4-5-13/h6-11,13-15H,3-5H2,1-2H3/t6?,7?,8?,9-,10?,11-/m1/s1. The van der Waals surface area contributed by atoms with Crippen molar-refractivity contribution < 1.29 is 29.7 Å². The molecule has 112 valence electrons. The van der Waals surface area contributed by atoms with Gasteiger partial charge in [0.05, 0.1) is 12.2 Å². The van der Waals surface area contributed by atoms with Gasteiger partial charge in [0, 0.05) is 11.5 Å². The fourth-order valence-electron chi connectivity index (χ4n) is 1.94. The molecular formula is C11H21NO7. The van der Waals surface area contributed by atoms with E-state index in [9.17, 15) is 20.3 Å². The molecule has 0 spiro atoms. The molecule has 0 saturated carbocycles. The van der Waals surface area contributed by atoms with Gasteiger partial charge in [0.15, 0.2) is 6.10 Å². The first kappa shape index (κ1) is 16.3. The molecule has 0 amide bonds. The first-order valence-electron chi connectivity index (χ1n) is 6.33. The summed E-state index contributed by atoms with van der Waals surface area (Å²) in [5.41, 5.74) is 0. The second-order valence-electron chi connectivity index (χ2n) is 4.67. The number of rotatable bonds is 6. The smallest absolute Gasteiger partial charge is 0.291 e. The van der Waals surface area contributed by atoms with Crippen LogP contribution in [0.25, 0.3) is 0 Å². The molecule has 3 N–H and O–H groups in total. The quantitative estimate of drug-likeness (QED) is 0.433. The molecule has 1 fully saturated rings. The molecule has 1 rings (SSSR count). The number of hydrogen-bond acceptors (Lipinski definition) is 7. The van der Waals surface area contributed by atoms with E-state index in [0.29, 0.717) is 6.42 Å². The fourth-order valence-corrected chi connectivity index (χ4v) is 1.94. The third-order valence-electron chi connectivity index (χ3n) is 3.27. The number of aliphatic hydroxyl groups is 3. The predicted octanol–water partition coefficient (Wildman–Crippen LogP) is -0.724. The molecule has 6 atom stereocenters. The molecule has 0 aromatic rings. The molecule has 4 unspecified atom stereocenters. The van der Waals surface area contributed by atoms with Crippen molar-refractivity contribution in [2.75, 3.05) is 6.61 Å². The number of hydrogen-bond donors (Lipinski definition) is 3. The minimum absolute atomic E-state index is 0.0724. The van der Waals surface area contributed by atoms with Crippen molar-refractivity contribution in [3.8, 4) is 0 Å². The van der Waals surface area contributed by atoms with Crippen LogP contribution in [-0.2, 0) is 9.47 Å². The van der Waals surface area contributed by atoms with Gasteiger partial charge in [-0.2, -0.15) is 0 Å². The third kappa shape index (κ3) is 3.83. The lowest BCUT2D eigenvalue weighted by molar-refractivity contribution is -0.575. The van der Waals surface area contributed by atoms with Gasteiger partial charge in [0.25, 0.3) is 6.04 Å². The van der Waals surface area contributed by atoms with E-state index in [2.05, 4.69) is 0 Å². The molecule has 1 saturated heterocycles. The Morgan fingerprint density at radius 1 is 1.42 bits per heavy atom. The van der Waals surface area contributed by atoms with E-state index in [1.807, 2.05) is 6.92 Å². The summed E-state index contributed by atoms with van der Waals surface area (Å²) < 4.78 is 10.7. The Bertz CT molecular complexity index is 301. The molecule has 19 heavy (non-hydrogen) atoms.